The lowest BCUT2D eigenvalue weighted by molar-refractivity contribution is -0.116. The molecule has 0 aromatic heterocycles. The lowest BCUT2D eigenvalue weighted by Crippen LogP contribution is -2.35. The Morgan fingerprint density at radius 3 is 2.62 bits per heavy atom. The van der Waals surface area contributed by atoms with Gasteiger partial charge >= 0.3 is 0 Å². The summed E-state index contributed by atoms with van der Waals surface area (Å²) in [6.07, 6.45) is 0. The third-order valence-electron chi connectivity index (χ3n) is 3.38. The highest BCUT2D eigenvalue weighted by Crippen LogP contribution is 2.28. The van der Waals surface area contributed by atoms with E-state index in [1.165, 1.54) is 20.2 Å². The van der Waals surface area contributed by atoms with Crippen molar-refractivity contribution in [2.24, 2.45) is 0 Å². The third-order valence-corrected chi connectivity index (χ3v) is 6.40. The van der Waals surface area contributed by atoms with Crippen LogP contribution in [-0.4, -0.2) is 39.3 Å². The number of hydrogen-bond donors (Lipinski definition) is 1. The topological polar surface area (TPSA) is 75.7 Å². The first-order valence-electron chi connectivity index (χ1n) is 7.20. The average Bonchev–Trinajstić information content (AvgIpc) is 2.54. The highest BCUT2D eigenvalue weighted by molar-refractivity contribution is 9.10. The first-order valence-corrected chi connectivity index (χ1v) is 9.81. The smallest absolute Gasteiger partial charge is 0.244 e. The number of likely N-dealkylation sites (N-methyl/N-ethyl adjacent to an activating group) is 1. The van der Waals surface area contributed by atoms with E-state index in [1.54, 1.807) is 12.1 Å². The van der Waals surface area contributed by atoms with E-state index in [9.17, 15) is 17.6 Å². The van der Waals surface area contributed by atoms with Gasteiger partial charge in [-0.3, -0.25) is 4.79 Å². The van der Waals surface area contributed by atoms with Gasteiger partial charge in [-0.25, -0.2) is 12.8 Å². The van der Waals surface area contributed by atoms with Gasteiger partial charge in [0, 0.05) is 16.5 Å². The van der Waals surface area contributed by atoms with Crippen LogP contribution < -0.4 is 10.1 Å². The molecule has 0 aliphatic carbocycles. The third kappa shape index (κ3) is 4.73. The Balaban J connectivity index is 2.17. The summed E-state index contributed by atoms with van der Waals surface area (Å²) < 4.78 is 44.4. The minimum atomic E-state index is -4.00. The van der Waals surface area contributed by atoms with E-state index < -0.39 is 28.3 Å². The number of benzene rings is 2. The van der Waals surface area contributed by atoms with Crippen LogP contribution in [-0.2, 0) is 14.8 Å². The first kappa shape index (κ1) is 20.6. The molecule has 2 aromatic carbocycles. The number of ether oxygens (including phenoxy) is 1. The molecule has 6 nitrogen and oxygen atoms in total. The molecule has 0 fully saturated rings. The van der Waals surface area contributed by atoms with Crippen molar-refractivity contribution in [1.29, 1.82) is 0 Å². The Hall–Kier alpha value is -1.68. The number of amides is 1. The number of halogens is 3. The molecule has 2 rings (SSSR count). The molecule has 0 spiro atoms. The zero-order valence-electron chi connectivity index (χ0n) is 13.8. The lowest BCUT2D eigenvalue weighted by Gasteiger charge is -2.18. The van der Waals surface area contributed by atoms with E-state index in [4.69, 9.17) is 16.3 Å². The molecule has 0 aliphatic heterocycles. The predicted octanol–water partition coefficient (Wildman–Crippen LogP) is 3.51. The second-order valence-electron chi connectivity index (χ2n) is 5.23. The summed E-state index contributed by atoms with van der Waals surface area (Å²) in [4.78, 5) is 12.1. The normalized spacial score (nSPS) is 11.5. The summed E-state index contributed by atoms with van der Waals surface area (Å²) in [7, 11) is -1.31. The molecule has 0 aliphatic rings. The molecular weight excluding hydrogens is 451 g/mol. The number of nitrogens with one attached hydrogen (secondary N) is 1. The monoisotopic (exact) mass is 464 g/mol. The van der Waals surface area contributed by atoms with Gasteiger partial charge in [0.2, 0.25) is 15.9 Å². The average molecular weight is 466 g/mol. The van der Waals surface area contributed by atoms with Crippen molar-refractivity contribution in [3.8, 4) is 5.75 Å². The summed E-state index contributed by atoms with van der Waals surface area (Å²) >= 11 is 8.92. The number of carbonyl (C=O) groups excluding carboxylic acids is 1. The molecule has 10 heteroatoms. The number of nitrogens with zero attached hydrogens (tertiary/aromatic N) is 1. The SMILES string of the molecule is COc1ccc(Cl)cc1NC(=O)CN(C)S(=O)(=O)c1ccc(F)cc1Br. The molecule has 0 heterocycles. The van der Waals surface area contributed by atoms with Gasteiger partial charge in [-0.2, -0.15) is 4.31 Å². The Morgan fingerprint density at radius 1 is 1.31 bits per heavy atom. The molecule has 0 unspecified atom stereocenters. The summed E-state index contributed by atoms with van der Waals surface area (Å²) in [6, 6.07) is 7.86. The fraction of sp³-hybridized carbons (Fsp3) is 0.188. The van der Waals surface area contributed by atoms with Crippen LogP contribution in [0.15, 0.2) is 45.8 Å². The second-order valence-corrected chi connectivity index (χ2v) is 8.53. The largest absolute Gasteiger partial charge is 0.495 e. The van der Waals surface area contributed by atoms with Crippen LogP contribution >= 0.6 is 27.5 Å². The van der Waals surface area contributed by atoms with Gasteiger partial charge in [0.25, 0.3) is 0 Å². The van der Waals surface area contributed by atoms with Crippen LogP contribution in [0.5, 0.6) is 5.75 Å². The Labute approximate surface area is 164 Å². The van der Waals surface area contributed by atoms with Crippen molar-refractivity contribution in [2.45, 2.75) is 4.90 Å². The molecule has 0 bridgehead atoms. The summed E-state index contributed by atoms with van der Waals surface area (Å²) in [5.74, 6) is -0.784. The van der Waals surface area contributed by atoms with Crippen LogP contribution in [0, 0.1) is 5.82 Å². The zero-order valence-corrected chi connectivity index (χ0v) is 17.0. The highest BCUT2D eigenvalue weighted by Gasteiger charge is 2.25. The van der Waals surface area contributed by atoms with E-state index in [-0.39, 0.29) is 9.37 Å². The maximum atomic E-state index is 13.2. The molecule has 0 radical (unpaired) electrons. The van der Waals surface area contributed by atoms with Crippen LogP contribution in [0.25, 0.3) is 0 Å². The number of sulfonamides is 1. The standard InChI is InChI=1S/C16H15BrClFN2O4S/c1-21(26(23,24)15-6-4-11(19)8-12(15)17)9-16(22)20-13-7-10(18)3-5-14(13)25-2/h3-8H,9H2,1-2H3,(H,20,22). The van der Waals surface area contributed by atoms with Gasteiger partial charge in [0.15, 0.2) is 0 Å². The van der Waals surface area contributed by atoms with Crippen LogP contribution in [0.1, 0.15) is 0 Å². The number of rotatable bonds is 6. The summed E-state index contributed by atoms with van der Waals surface area (Å²) in [6.45, 7) is -0.457. The summed E-state index contributed by atoms with van der Waals surface area (Å²) in [5, 5.41) is 2.94. The number of anilines is 1. The number of methoxy groups -OCH3 is 1. The minimum absolute atomic E-state index is 0.0706. The van der Waals surface area contributed by atoms with Gasteiger partial charge in [0.1, 0.15) is 11.6 Å². The maximum Gasteiger partial charge on any atom is 0.244 e. The fourth-order valence-electron chi connectivity index (χ4n) is 2.11. The molecule has 140 valence electrons. The van der Waals surface area contributed by atoms with Crippen molar-refractivity contribution in [2.75, 3.05) is 26.0 Å². The van der Waals surface area contributed by atoms with Crippen molar-refractivity contribution in [3.63, 3.8) is 0 Å². The van der Waals surface area contributed by atoms with Gasteiger partial charge in [-0.15, -0.1) is 0 Å². The van der Waals surface area contributed by atoms with Crippen molar-refractivity contribution < 1.29 is 22.3 Å². The first-order chi connectivity index (χ1) is 12.1. The van der Waals surface area contributed by atoms with E-state index in [0.717, 1.165) is 22.5 Å². The van der Waals surface area contributed by atoms with E-state index in [0.29, 0.717) is 16.5 Å². The fourth-order valence-corrected chi connectivity index (χ4v) is 4.41. The Morgan fingerprint density at radius 2 is 2.00 bits per heavy atom. The number of hydrogen-bond acceptors (Lipinski definition) is 4. The molecule has 1 N–H and O–H groups in total. The molecule has 2 aromatic rings. The van der Waals surface area contributed by atoms with Crippen LogP contribution in [0.3, 0.4) is 0 Å². The summed E-state index contributed by atoms with van der Waals surface area (Å²) in [5.41, 5.74) is 0.318. The molecule has 0 saturated heterocycles. The Kier molecular flexibility index (Phi) is 6.62. The second kappa shape index (κ2) is 8.34. The minimum Gasteiger partial charge on any atom is -0.495 e. The quantitative estimate of drug-likeness (QED) is 0.708. The van der Waals surface area contributed by atoms with E-state index in [2.05, 4.69) is 21.2 Å². The predicted molar refractivity (Wildman–Crippen MR) is 101 cm³/mol. The van der Waals surface area contributed by atoms with E-state index >= 15 is 0 Å². The molecule has 0 saturated carbocycles. The lowest BCUT2D eigenvalue weighted by atomic mass is 10.3. The molecule has 1 amide bonds. The Bertz CT molecular complexity index is 940. The van der Waals surface area contributed by atoms with Crippen molar-refractivity contribution in [1.82, 2.24) is 4.31 Å². The van der Waals surface area contributed by atoms with Crippen molar-refractivity contribution in [3.05, 3.63) is 51.7 Å². The highest BCUT2D eigenvalue weighted by atomic mass is 79.9. The molecule has 0 atom stereocenters. The van der Waals surface area contributed by atoms with Gasteiger partial charge in [0.05, 0.1) is 24.2 Å². The van der Waals surface area contributed by atoms with Gasteiger partial charge in [-0.05, 0) is 52.3 Å². The zero-order chi connectivity index (χ0) is 19.5. The van der Waals surface area contributed by atoms with E-state index in [1.807, 2.05) is 0 Å². The molecule has 26 heavy (non-hydrogen) atoms. The van der Waals surface area contributed by atoms with Gasteiger partial charge in [-0.1, -0.05) is 11.6 Å². The maximum absolute atomic E-state index is 13.2. The van der Waals surface area contributed by atoms with Gasteiger partial charge < -0.3 is 10.1 Å². The van der Waals surface area contributed by atoms with Crippen LogP contribution in [0.2, 0.25) is 5.02 Å². The number of carbonyl (C=O) groups is 1. The molecular formula is C16H15BrClFN2O4S. The van der Waals surface area contributed by atoms with Crippen LogP contribution in [0.4, 0.5) is 10.1 Å². The van der Waals surface area contributed by atoms with Crippen molar-refractivity contribution >= 4 is 49.1 Å².